The minimum atomic E-state index is -0.724. The van der Waals surface area contributed by atoms with Gasteiger partial charge in [-0.15, -0.1) is 11.6 Å². The lowest BCUT2D eigenvalue weighted by atomic mass is 9.96. The number of alkyl halides is 1. The number of piperidine rings is 1. The summed E-state index contributed by atoms with van der Waals surface area (Å²) < 4.78 is 0. The summed E-state index contributed by atoms with van der Waals surface area (Å²) in [7, 11) is 0. The van der Waals surface area contributed by atoms with Crippen LogP contribution in [0.4, 0.5) is 17.1 Å². The minimum Gasteiger partial charge on any atom is -0.390 e. The first-order valence-electron chi connectivity index (χ1n) is 7.73. The topological polar surface area (TPSA) is 122 Å². The monoisotopic (exact) mass is 356 g/mol. The zero-order valence-electron chi connectivity index (χ0n) is 13.2. The van der Waals surface area contributed by atoms with E-state index in [0.717, 1.165) is 0 Å². The van der Waals surface area contributed by atoms with Gasteiger partial charge in [0.05, 0.1) is 16.9 Å². The number of amides is 1. The van der Waals surface area contributed by atoms with Crippen LogP contribution >= 0.6 is 11.6 Å². The van der Waals surface area contributed by atoms with Gasteiger partial charge in [0.15, 0.2) is 0 Å². The minimum absolute atomic E-state index is 0.0158. The van der Waals surface area contributed by atoms with Crippen LogP contribution in [0, 0.1) is 16.0 Å². The van der Waals surface area contributed by atoms with Crippen LogP contribution in [0.5, 0.6) is 0 Å². The van der Waals surface area contributed by atoms with E-state index in [-0.39, 0.29) is 29.9 Å². The summed E-state index contributed by atoms with van der Waals surface area (Å²) in [5.41, 5.74) is 6.36. The maximum absolute atomic E-state index is 11.4. The number of halogens is 1. The molecule has 0 aromatic heterocycles. The van der Waals surface area contributed by atoms with Crippen LogP contribution < -0.4 is 16.0 Å². The van der Waals surface area contributed by atoms with Gasteiger partial charge in [0.2, 0.25) is 5.91 Å². The average Bonchev–Trinajstić information content (AvgIpc) is 2.59. The lowest BCUT2D eigenvalue weighted by Crippen LogP contribution is -2.38. The van der Waals surface area contributed by atoms with Gasteiger partial charge in [-0.3, -0.25) is 14.9 Å². The molecule has 1 aromatic rings. The maximum Gasteiger partial charge on any atom is 0.294 e. The summed E-state index contributed by atoms with van der Waals surface area (Å²) in [6, 6.07) is 4.85. The van der Waals surface area contributed by atoms with Crippen LogP contribution in [-0.2, 0) is 4.79 Å². The quantitative estimate of drug-likeness (QED) is 0.384. The van der Waals surface area contributed by atoms with E-state index < -0.39 is 11.0 Å². The first-order valence-corrected chi connectivity index (χ1v) is 8.26. The molecule has 1 heterocycles. The molecule has 2 rings (SSSR count). The number of carbonyl (C=O) groups excluding carboxylic acids is 1. The first kappa shape index (κ1) is 18.3. The number of hydrogen-bond acceptors (Lipinski definition) is 6. The molecule has 9 heteroatoms. The summed E-state index contributed by atoms with van der Waals surface area (Å²) in [5, 5.41) is 23.8. The van der Waals surface area contributed by atoms with E-state index in [9.17, 15) is 20.0 Å². The van der Waals surface area contributed by atoms with Crippen LogP contribution in [-0.4, -0.2) is 47.6 Å². The van der Waals surface area contributed by atoms with E-state index in [1.54, 1.807) is 12.1 Å². The molecule has 0 spiro atoms. The second-order valence-electron chi connectivity index (χ2n) is 5.81. The van der Waals surface area contributed by atoms with Gasteiger partial charge in [0.1, 0.15) is 5.69 Å². The first-order chi connectivity index (χ1) is 11.4. The zero-order valence-corrected chi connectivity index (χ0v) is 13.9. The highest BCUT2D eigenvalue weighted by Gasteiger charge is 2.27. The number of nitro benzene ring substituents is 1. The van der Waals surface area contributed by atoms with E-state index >= 15 is 0 Å². The number of primary amides is 1. The van der Waals surface area contributed by atoms with Crippen molar-refractivity contribution in [2.75, 3.05) is 35.7 Å². The van der Waals surface area contributed by atoms with Gasteiger partial charge in [-0.25, -0.2) is 0 Å². The summed E-state index contributed by atoms with van der Waals surface area (Å²) in [6.45, 7) is 1.31. The third-order valence-electron chi connectivity index (χ3n) is 4.13. The largest absolute Gasteiger partial charge is 0.390 e. The Balaban J connectivity index is 2.12. The zero-order chi connectivity index (χ0) is 17.7. The van der Waals surface area contributed by atoms with Crippen molar-refractivity contribution in [3.8, 4) is 0 Å². The number of benzene rings is 1. The van der Waals surface area contributed by atoms with Gasteiger partial charge in [0, 0.05) is 37.3 Å². The van der Waals surface area contributed by atoms with E-state index in [2.05, 4.69) is 5.32 Å². The predicted octanol–water partition coefficient (Wildman–Crippen LogP) is 1.31. The van der Waals surface area contributed by atoms with Gasteiger partial charge in [-0.1, -0.05) is 0 Å². The van der Waals surface area contributed by atoms with Crippen molar-refractivity contribution in [3.63, 3.8) is 0 Å². The van der Waals surface area contributed by atoms with E-state index in [0.29, 0.717) is 37.3 Å². The molecule has 0 bridgehead atoms. The maximum atomic E-state index is 11.4. The Hall–Kier alpha value is -2.06. The number of nitrogens with two attached hydrogens (primary N) is 1. The number of rotatable bonds is 7. The molecule has 24 heavy (non-hydrogen) atoms. The van der Waals surface area contributed by atoms with Crippen LogP contribution in [0.25, 0.3) is 0 Å². The molecule has 1 aliphatic heterocycles. The Morgan fingerprint density at radius 2 is 2.17 bits per heavy atom. The van der Waals surface area contributed by atoms with Crippen LogP contribution in [0.1, 0.15) is 12.8 Å². The molecule has 132 valence electrons. The molecular formula is C15H21ClN4O4. The summed E-state index contributed by atoms with van der Waals surface area (Å²) >= 11 is 5.52. The Labute approximate surface area is 144 Å². The fourth-order valence-electron chi connectivity index (χ4n) is 2.74. The molecule has 1 amide bonds. The number of nitro groups is 1. The smallest absolute Gasteiger partial charge is 0.294 e. The molecule has 1 saturated heterocycles. The number of anilines is 2. The average molecular weight is 357 g/mol. The molecule has 1 fully saturated rings. The van der Waals surface area contributed by atoms with Crippen molar-refractivity contribution in [3.05, 3.63) is 28.3 Å². The normalized spacial score (nSPS) is 16.7. The number of nitrogens with one attached hydrogen (secondary N) is 1. The fraction of sp³-hybridized carbons (Fsp3) is 0.533. The summed E-state index contributed by atoms with van der Waals surface area (Å²) in [5.74, 6) is -0.401. The van der Waals surface area contributed by atoms with Crippen molar-refractivity contribution in [2.45, 2.75) is 18.9 Å². The molecule has 1 unspecified atom stereocenters. The third kappa shape index (κ3) is 4.48. The standard InChI is InChI=1S/C15H21ClN4O4/c16-8-12(21)9-18-11-1-2-13(14(7-11)20(23)24)19-5-3-10(4-6-19)15(17)22/h1-2,7,10,12,18,21H,3-6,8-9H2,(H2,17,22). The highest BCUT2D eigenvalue weighted by molar-refractivity contribution is 6.18. The highest BCUT2D eigenvalue weighted by Crippen LogP contribution is 2.33. The van der Waals surface area contributed by atoms with Crippen LogP contribution in [0.15, 0.2) is 18.2 Å². The van der Waals surface area contributed by atoms with E-state index in [4.69, 9.17) is 17.3 Å². The molecule has 0 radical (unpaired) electrons. The fourth-order valence-corrected chi connectivity index (χ4v) is 2.85. The van der Waals surface area contributed by atoms with Gasteiger partial charge in [-0.2, -0.15) is 0 Å². The van der Waals surface area contributed by atoms with E-state index in [1.807, 2.05) is 4.90 Å². The highest BCUT2D eigenvalue weighted by atomic mass is 35.5. The van der Waals surface area contributed by atoms with Crippen LogP contribution in [0.2, 0.25) is 0 Å². The molecule has 4 N–H and O–H groups in total. The molecular weight excluding hydrogens is 336 g/mol. The number of aliphatic hydroxyl groups is 1. The number of aliphatic hydroxyl groups excluding tert-OH is 1. The van der Waals surface area contributed by atoms with Crippen molar-refractivity contribution >= 4 is 34.6 Å². The summed E-state index contributed by atoms with van der Waals surface area (Å²) in [6.07, 6.45) is 0.459. The van der Waals surface area contributed by atoms with Gasteiger partial charge < -0.3 is 21.1 Å². The lowest BCUT2D eigenvalue weighted by Gasteiger charge is -2.32. The molecule has 0 aliphatic carbocycles. The second-order valence-corrected chi connectivity index (χ2v) is 6.12. The number of hydrogen-bond donors (Lipinski definition) is 3. The Bertz CT molecular complexity index is 605. The third-order valence-corrected chi connectivity index (χ3v) is 4.49. The second kappa shape index (κ2) is 8.16. The molecule has 1 aliphatic rings. The van der Waals surface area contributed by atoms with Crippen molar-refractivity contribution < 1.29 is 14.8 Å². The Morgan fingerprint density at radius 1 is 1.50 bits per heavy atom. The Morgan fingerprint density at radius 3 is 2.71 bits per heavy atom. The van der Waals surface area contributed by atoms with Gasteiger partial charge in [-0.05, 0) is 25.0 Å². The predicted molar refractivity (Wildman–Crippen MR) is 92.4 cm³/mol. The Kier molecular flexibility index (Phi) is 6.22. The van der Waals surface area contributed by atoms with Crippen molar-refractivity contribution in [2.24, 2.45) is 11.7 Å². The van der Waals surface area contributed by atoms with Gasteiger partial charge >= 0.3 is 0 Å². The van der Waals surface area contributed by atoms with Gasteiger partial charge in [0.25, 0.3) is 5.69 Å². The van der Waals surface area contributed by atoms with Crippen LogP contribution in [0.3, 0.4) is 0 Å². The van der Waals surface area contributed by atoms with E-state index in [1.165, 1.54) is 6.07 Å². The lowest BCUT2D eigenvalue weighted by molar-refractivity contribution is -0.384. The molecule has 1 aromatic carbocycles. The SMILES string of the molecule is NC(=O)C1CCN(c2ccc(NCC(O)CCl)cc2[N+](=O)[O-])CC1. The molecule has 1 atom stereocenters. The van der Waals surface area contributed by atoms with Crippen molar-refractivity contribution in [1.82, 2.24) is 0 Å². The molecule has 8 nitrogen and oxygen atoms in total. The summed E-state index contributed by atoms with van der Waals surface area (Å²) in [4.78, 5) is 24.1. The molecule has 0 saturated carbocycles. The number of nitrogens with zero attached hydrogens (tertiary/aromatic N) is 2. The van der Waals surface area contributed by atoms with Crippen molar-refractivity contribution in [1.29, 1.82) is 0 Å². The number of carbonyl (C=O) groups is 1.